The molecule has 1 heterocycles. The van der Waals surface area contributed by atoms with E-state index < -0.39 is 0 Å². The van der Waals surface area contributed by atoms with Gasteiger partial charge in [-0.15, -0.1) is 0 Å². The van der Waals surface area contributed by atoms with E-state index >= 15 is 0 Å². The quantitative estimate of drug-likeness (QED) is 0.872. The number of nitrogens with zero attached hydrogens (tertiary/aromatic N) is 1. The zero-order valence-electron chi connectivity index (χ0n) is 11.1. The van der Waals surface area contributed by atoms with E-state index in [0.717, 1.165) is 35.1 Å². The van der Waals surface area contributed by atoms with Gasteiger partial charge in [-0.3, -0.25) is 0 Å². The highest BCUT2D eigenvalue weighted by Gasteiger charge is 2.50. The topological polar surface area (TPSA) is 52.0 Å². The maximum absolute atomic E-state index is 5.89. The average molecular weight is 246 g/mol. The van der Waals surface area contributed by atoms with Gasteiger partial charge in [-0.2, -0.15) is 0 Å². The molecule has 4 aliphatic carbocycles. The van der Waals surface area contributed by atoms with Gasteiger partial charge in [0, 0.05) is 18.0 Å². The van der Waals surface area contributed by atoms with Crippen LogP contribution in [0.2, 0.25) is 0 Å². The number of aryl methyl sites for hydroxylation is 1. The number of nitrogens with two attached hydrogens (primary N) is 1. The molecule has 4 aliphatic rings. The van der Waals surface area contributed by atoms with Crippen LogP contribution in [0.15, 0.2) is 4.52 Å². The molecule has 0 radical (unpaired) electrons. The van der Waals surface area contributed by atoms with Crippen LogP contribution in [0.5, 0.6) is 0 Å². The molecule has 0 atom stereocenters. The lowest BCUT2D eigenvalue weighted by Crippen LogP contribution is -2.44. The third-order valence-electron chi connectivity index (χ3n) is 5.75. The molecule has 98 valence electrons. The van der Waals surface area contributed by atoms with Crippen molar-refractivity contribution < 1.29 is 4.52 Å². The molecule has 1 aromatic heterocycles. The number of rotatable bonds is 2. The molecule has 0 unspecified atom stereocenters. The van der Waals surface area contributed by atoms with Crippen molar-refractivity contribution in [3.8, 4) is 0 Å². The summed E-state index contributed by atoms with van der Waals surface area (Å²) in [5.74, 6) is 5.47. The molecule has 2 N–H and O–H groups in total. The minimum atomic E-state index is 0.577. The first-order valence-corrected chi connectivity index (χ1v) is 7.41. The fraction of sp³-hybridized carbons (Fsp3) is 0.800. The van der Waals surface area contributed by atoms with Crippen molar-refractivity contribution in [1.82, 2.24) is 5.16 Å². The normalized spacial score (nSPS) is 41.6. The van der Waals surface area contributed by atoms with Crippen molar-refractivity contribution in [1.29, 1.82) is 0 Å². The lowest BCUT2D eigenvalue weighted by Gasteiger charge is -2.53. The molecular weight excluding hydrogens is 224 g/mol. The summed E-state index contributed by atoms with van der Waals surface area (Å²) in [6.45, 7) is 2.60. The minimum absolute atomic E-state index is 0.577. The van der Waals surface area contributed by atoms with Crippen molar-refractivity contribution >= 4 is 0 Å². The van der Waals surface area contributed by atoms with Crippen molar-refractivity contribution in [2.75, 3.05) is 0 Å². The summed E-state index contributed by atoms with van der Waals surface area (Å²) in [6, 6.07) is 0. The molecule has 3 heteroatoms. The van der Waals surface area contributed by atoms with E-state index in [9.17, 15) is 0 Å². The summed E-state index contributed by atoms with van der Waals surface area (Å²) >= 11 is 0. The number of hydrogen-bond acceptors (Lipinski definition) is 3. The molecule has 0 aliphatic heterocycles. The molecule has 3 nitrogen and oxygen atoms in total. The Hall–Kier alpha value is -0.830. The fourth-order valence-electron chi connectivity index (χ4n) is 5.27. The molecule has 5 rings (SSSR count). The Bertz CT molecular complexity index is 437. The van der Waals surface area contributed by atoms with E-state index in [-0.39, 0.29) is 0 Å². The van der Waals surface area contributed by atoms with Crippen LogP contribution in [0.25, 0.3) is 0 Å². The van der Waals surface area contributed by atoms with E-state index in [1.54, 1.807) is 0 Å². The van der Waals surface area contributed by atoms with Crippen LogP contribution in [0.1, 0.15) is 55.0 Å². The molecule has 1 aromatic rings. The first-order chi connectivity index (χ1) is 8.76. The Morgan fingerprint density at radius 2 is 1.72 bits per heavy atom. The van der Waals surface area contributed by atoms with Gasteiger partial charge in [-0.25, -0.2) is 0 Å². The second-order valence-corrected chi connectivity index (χ2v) is 6.77. The van der Waals surface area contributed by atoms with E-state index in [0.29, 0.717) is 12.5 Å². The Balaban J connectivity index is 1.72. The molecule has 4 bridgehead atoms. The molecule has 0 amide bonds. The lowest BCUT2D eigenvalue weighted by molar-refractivity contribution is -0.0117. The van der Waals surface area contributed by atoms with Crippen LogP contribution in [0.4, 0.5) is 0 Å². The van der Waals surface area contributed by atoms with Gasteiger partial charge >= 0.3 is 0 Å². The van der Waals surface area contributed by atoms with Gasteiger partial charge < -0.3 is 10.3 Å². The lowest BCUT2D eigenvalue weighted by atomic mass is 9.51. The van der Waals surface area contributed by atoms with Crippen LogP contribution < -0.4 is 5.73 Å². The van der Waals surface area contributed by atoms with Gasteiger partial charge in [-0.1, -0.05) is 5.16 Å². The molecule has 4 saturated carbocycles. The molecule has 4 fully saturated rings. The highest BCUT2D eigenvalue weighted by atomic mass is 16.5. The van der Waals surface area contributed by atoms with Crippen molar-refractivity contribution in [2.45, 2.75) is 51.5 Å². The van der Waals surface area contributed by atoms with Crippen molar-refractivity contribution in [3.63, 3.8) is 0 Å². The summed E-state index contributed by atoms with van der Waals surface area (Å²) in [4.78, 5) is 0. The largest absolute Gasteiger partial charge is 0.360 e. The summed E-state index contributed by atoms with van der Waals surface area (Å²) in [5.41, 5.74) is 8.08. The van der Waals surface area contributed by atoms with Crippen LogP contribution in [0.3, 0.4) is 0 Å². The standard InChI is InChI=1S/C15H22N2O/c1-8-13(7-16)15(18-17-8)14-11-3-9-2-10(5-11)6-12(14)4-9/h9-12,14H,2-7,16H2,1H3. The predicted octanol–water partition coefficient (Wildman–Crippen LogP) is 2.98. The Morgan fingerprint density at radius 1 is 1.11 bits per heavy atom. The van der Waals surface area contributed by atoms with Crippen LogP contribution in [-0.2, 0) is 6.54 Å². The van der Waals surface area contributed by atoms with E-state index in [2.05, 4.69) is 5.16 Å². The number of hydrogen-bond donors (Lipinski definition) is 1. The first kappa shape index (κ1) is 11.0. The van der Waals surface area contributed by atoms with Crippen LogP contribution >= 0.6 is 0 Å². The Morgan fingerprint density at radius 3 is 2.28 bits per heavy atom. The SMILES string of the molecule is Cc1noc(C2C3CC4CC(C3)CC2C4)c1CN. The molecular formula is C15H22N2O. The fourth-order valence-corrected chi connectivity index (χ4v) is 5.27. The molecule has 0 aromatic carbocycles. The zero-order valence-corrected chi connectivity index (χ0v) is 11.1. The molecule has 0 saturated heterocycles. The minimum Gasteiger partial charge on any atom is -0.360 e. The first-order valence-electron chi connectivity index (χ1n) is 7.41. The van der Waals surface area contributed by atoms with Gasteiger partial charge in [0.15, 0.2) is 0 Å². The second-order valence-electron chi connectivity index (χ2n) is 6.77. The van der Waals surface area contributed by atoms with Gasteiger partial charge in [0.2, 0.25) is 0 Å². The van der Waals surface area contributed by atoms with Gasteiger partial charge in [-0.05, 0) is 62.7 Å². The number of aromatic nitrogens is 1. The summed E-state index contributed by atoms with van der Waals surface area (Å²) < 4.78 is 5.68. The summed E-state index contributed by atoms with van der Waals surface area (Å²) in [5, 5.41) is 4.17. The predicted molar refractivity (Wildman–Crippen MR) is 68.9 cm³/mol. The summed E-state index contributed by atoms with van der Waals surface area (Å²) in [7, 11) is 0. The summed E-state index contributed by atoms with van der Waals surface area (Å²) in [6.07, 6.45) is 7.17. The highest BCUT2D eigenvalue weighted by molar-refractivity contribution is 5.27. The van der Waals surface area contributed by atoms with Crippen molar-refractivity contribution in [2.24, 2.45) is 29.4 Å². The van der Waals surface area contributed by atoms with Gasteiger partial charge in [0.25, 0.3) is 0 Å². The van der Waals surface area contributed by atoms with E-state index in [1.807, 2.05) is 6.92 Å². The maximum Gasteiger partial charge on any atom is 0.145 e. The third kappa shape index (κ3) is 1.43. The third-order valence-corrected chi connectivity index (χ3v) is 5.75. The molecule has 18 heavy (non-hydrogen) atoms. The maximum atomic E-state index is 5.89. The average Bonchev–Trinajstić information content (AvgIpc) is 2.69. The smallest absolute Gasteiger partial charge is 0.145 e. The Kier molecular flexibility index (Phi) is 2.35. The highest BCUT2D eigenvalue weighted by Crippen LogP contribution is 2.60. The van der Waals surface area contributed by atoms with Crippen LogP contribution in [0, 0.1) is 30.6 Å². The molecule has 0 spiro atoms. The van der Waals surface area contributed by atoms with Crippen molar-refractivity contribution in [3.05, 3.63) is 17.0 Å². The van der Waals surface area contributed by atoms with Crippen LogP contribution in [-0.4, -0.2) is 5.16 Å². The zero-order chi connectivity index (χ0) is 12.3. The van der Waals surface area contributed by atoms with E-state index in [4.69, 9.17) is 10.3 Å². The van der Waals surface area contributed by atoms with Gasteiger partial charge in [0.1, 0.15) is 5.76 Å². The second kappa shape index (κ2) is 3.83. The monoisotopic (exact) mass is 246 g/mol. The van der Waals surface area contributed by atoms with Gasteiger partial charge in [0.05, 0.1) is 5.69 Å². The Labute approximate surface area is 108 Å². The van der Waals surface area contributed by atoms with E-state index in [1.165, 1.54) is 37.7 Å².